The molecular formula is C7H9ClN2O. The molecule has 0 spiro atoms. The van der Waals surface area contributed by atoms with E-state index in [4.69, 9.17) is 11.6 Å². The van der Waals surface area contributed by atoms with Crippen LogP contribution in [-0.2, 0) is 6.54 Å². The molecule has 0 aromatic carbocycles. The van der Waals surface area contributed by atoms with Crippen molar-refractivity contribution in [2.45, 2.75) is 19.9 Å². The highest BCUT2D eigenvalue weighted by atomic mass is 35.5. The Morgan fingerprint density at radius 1 is 1.82 bits per heavy atom. The van der Waals surface area contributed by atoms with Gasteiger partial charge in [0, 0.05) is 18.9 Å². The summed E-state index contributed by atoms with van der Waals surface area (Å²) in [5.41, 5.74) is 0. The fourth-order valence-electron chi connectivity index (χ4n) is 0.914. The Labute approximate surface area is 70.0 Å². The van der Waals surface area contributed by atoms with Crippen LogP contribution in [0.5, 0.6) is 0 Å². The number of aromatic nitrogens is 2. The zero-order valence-electron chi connectivity index (χ0n) is 6.25. The van der Waals surface area contributed by atoms with Crippen molar-refractivity contribution in [3.8, 4) is 0 Å². The monoisotopic (exact) mass is 172 g/mol. The number of hydrogen-bond donors (Lipinski definition) is 0. The second kappa shape index (κ2) is 3.53. The van der Waals surface area contributed by atoms with Crippen molar-refractivity contribution >= 4 is 16.8 Å². The molecule has 1 aromatic heterocycles. The third kappa shape index (κ3) is 1.80. The van der Waals surface area contributed by atoms with Gasteiger partial charge in [0.05, 0.1) is 0 Å². The van der Waals surface area contributed by atoms with Gasteiger partial charge in [-0.05, 0) is 18.0 Å². The lowest BCUT2D eigenvalue weighted by Crippen LogP contribution is -2.04. The van der Waals surface area contributed by atoms with Gasteiger partial charge in [-0.2, -0.15) is 0 Å². The Morgan fingerprint density at radius 2 is 2.55 bits per heavy atom. The number of nitrogens with zero attached hydrogens (tertiary/aromatic N) is 2. The standard InChI is InChI=1S/C7H9ClN2O/c1-2-4-10-5-3-9-7(10)6(8)11/h3,5H,2,4H2,1H3. The Morgan fingerprint density at radius 3 is 3.09 bits per heavy atom. The Bertz CT molecular complexity index is 257. The number of aryl methyl sites for hydroxylation is 1. The second-order valence-electron chi connectivity index (χ2n) is 2.22. The highest BCUT2D eigenvalue weighted by Gasteiger charge is 2.07. The van der Waals surface area contributed by atoms with Crippen LogP contribution in [0.1, 0.15) is 24.0 Å². The third-order valence-electron chi connectivity index (χ3n) is 1.36. The number of rotatable bonds is 3. The van der Waals surface area contributed by atoms with E-state index in [2.05, 4.69) is 4.98 Å². The first-order valence-electron chi connectivity index (χ1n) is 3.46. The molecule has 0 saturated heterocycles. The molecule has 0 unspecified atom stereocenters. The second-order valence-corrected chi connectivity index (χ2v) is 2.56. The van der Waals surface area contributed by atoms with Crippen molar-refractivity contribution in [2.75, 3.05) is 0 Å². The van der Waals surface area contributed by atoms with Crippen molar-refractivity contribution < 1.29 is 4.79 Å². The molecule has 60 valence electrons. The van der Waals surface area contributed by atoms with Crippen LogP contribution in [0.3, 0.4) is 0 Å². The Hall–Kier alpha value is -0.830. The van der Waals surface area contributed by atoms with Crippen molar-refractivity contribution in [3.05, 3.63) is 18.2 Å². The summed E-state index contributed by atoms with van der Waals surface area (Å²) in [6.45, 7) is 2.82. The van der Waals surface area contributed by atoms with Crippen LogP contribution in [0.15, 0.2) is 12.4 Å². The average Bonchev–Trinajstić information content (AvgIpc) is 2.36. The van der Waals surface area contributed by atoms with E-state index >= 15 is 0 Å². The molecule has 1 rings (SSSR count). The molecule has 0 saturated carbocycles. The number of carbonyl (C=O) groups is 1. The summed E-state index contributed by atoms with van der Waals surface area (Å²) in [5.74, 6) is 0.327. The van der Waals surface area contributed by atoms with E-state index in [1.807, 2.05) is 6.92 Å². The molecular weight excluding hydrogens is 164 g/mol. The molecule has 0 N–H and O–H groups in total. The zero-order valence-corrected chi connectivity index (χ0v) is 7.01. The van der Waals surface area contributed by atoms with Crippen LogP contribution >= 0.6 is 11.6 Å². The van der Waals surface area contributed by atoms with Gasteiger partial charge in [0.15, 0.2) is 5.82 Å². The molecule has 1 heterocycles. The number of imidazole rings is 1. The average molecular weight is 173 g/mol. The summed E-state index contributed by atoms with van der Waals surface area (Å²) in [4.78, 5) is 14.5. The summed E-state index contributed by atoms with van der Waals surface area (Å²) in [5, 5.41) is -0.497. The summed E-state index contributed by atoms with van der Waals surface area (Å²) in [6.07, 6.45) is 4.29. The minimum absolute atomic E-state index is 0.327. The fourth-order valence-corrected chi connectivity index (χ4v) is 1.07. The molecule has 0 aliphatic rings. The largest absolute Gasteiger partial charge is 0.327 e. The van der Waals surface area contributed by atoms with Gasteiger partial charge in [0.2, 0.25) is 0 Å². The molecule has 11 heavy (non-hydrogen) atoms. The maximum atomic E-state index is 10.7. The fraction of sp³-hybridized carbons (Fsp3) is 0.429. The summed E-state index contributed by atoms with van der Waals surface area (Å²) >= 11 is 5.26. The molecule has 0 radical (unpaired) electrons. The van der Waals surface area contributed by atoms with Gasteiger partial charge >= 0.3 is 0 Å². The predicted molar refractivity (Wildman–Crippen MR) is 42.7 cm³/mol. The Balaban J connectivity index is 2.87. The summed E-state index contributed by atoms with van der Waals surface area (Å²) < 4.78 is 1.75. The van der Waals surface area contributed by atoms with Gasteiger partial charge in [-0.3, -0.25) is 4.79 Å². The van der Waals surface area contributed by atoms with Crippen LogP contribution in [0, 0.1) is 0 Å². The Kier molecular flexibility index (Phi) is 2.65. The normalized spacial score (nSPS) is 10.0. The maximum absolute atomic E-state index is 10.7. The molecule has 0 aliphatic carbocycles. The predicted octanol–water partition coefficient (Wildman–Crippen LogP) is 1.67. The van der Waals surface area contributed by atoms with Crippen LogP contribution in [0.25, 0.3) is 0 Å². The number of halogens is 1. The lowest BCUT2D eigenvalue weighted by molar-refractivity contribution is 0.106. The quantitative estimate of drug-likeness (QED) is 0.651. The van der Waals surface area contributed by atoms with Crippen LogP contribution < -0.4 is 0 Å². The first kappa shape index (κ1) is 8.27. The van der Waals surface area contributed by atoms with E-state index in [1.165, 1.54) is 0 Å². The molecule has 0 bridgehead atoms. The molecule has 0 aliphatic heterocycles. The van der Waals surface area contributed by atoms with Gasteiger partial charge in [-0.15, -0.1) is 0 Å². The van der Waals surface area contributed by atoms with Crippen molar-refractivity contribution in [1.82, 2.24) is 9.55 Å². The molecule has 0 atom stereocenters. The third-order valence-corrected chi connectivity index (χ3v) is 1.52. The van der Waals surface area contributed by atoms with Gasteiger partial charge in [0.25, 0.3) is 5.24 Å². The summed E-state index contributed by atoms with van der Waals surface area (Å²) in [7, 11) is 0. The van der Waals surface area contributed by atoms with Crippen molar-refractivity contribution in [2.24, 2.45) is 0 Å². The van der Waals surface area contributed by atoms with Crippen LogP contribution in [0.2, 0.25) is 0 Å². The van der Waals surface area contributed by atoms with Gasteiger partial charge in [0.1, 0.15) is 0 Å². The topological polar surface area (TPSA) is 34.9 Å². The minimum atomic E-state index is -0.497. The number of carbonyl (C=O) groups excluding carboxylic acids is 1. The molecule has 4 heteroatoms. The van der Waals surface area contributed by atoms with Gasteiger partial charge in [-0.25, -0.2) is 4.98 Å². The lowest BCUT2D eigenvalue weighted by Gasteiger charge is -2.00. The van der Waals surface area contributed by atoms with Crippen LogP contribution in [0.4, 0.5) is 0 Å². The molecule has 0 amide bonds. The highest BCUT2D eigenvalue weighted by molar-refractivity contribution is 6.67. The van der Waals surface area contributed by atoms with E-state index in [0.717, 1.165) is 13.0 Å². The summed E-state index contributed by atoms with van der Waals surface area (Å²) in [6, 6.07) is 0. The van der Waals surface area contributed by atoms with E-state index in [-0.39, 0.29) is 0 Å². The zero-order chi connectivity index (χ0) is 8.27. The SMILES string of the molecule is CCCn1ccnc1C(=O)Cl. The van der Waals surface area contributed by atoms with E-state index in [0.29, 0.717) is 5.82 Å². The molecule has 0 fully saturated rings. The molecule has 3 nitrogen and oxygen atoms in total. The smallest absolute Gasteiger partial charge is 0.288 e. The van der Waals surface area contributed by atoms with Gasteiger partial charge in [-0.1, -0.05) is 6.92 Å². The van der Waals surface area contributed by atoms with Crippen molar-refractivity contribution in [1.29, 1.82) is 0 Å². The van der Waals surface area contributed by atoms with Crippen LogP contribution in [-0.4, -0.2) is 14.8 Å². The van der Waals surface area contributed by atoms with E-state index < -0.39 is 5.24 Å². The minimum Gasteiger partial charge on any atom is -0.327 e. The number of hydrogen-bond acceptors (Lipinski definition) is 2. The van der Waals surface area contributed by atoms with E-state index in [1.54, 1.807) is 17.0 Å². The van der Waals surface area contributed by atoms with E-state index in [9.17, 15) is 4.79 Å². The highest BCUT2D eigenvalue weighted by Crippen LogP contribution is 2.02. The maximum Gasteiger partial charge on any atom is 0.288 e. The van der Waals surface area contributed by atoms with Gasteiger partial charge < -0.3 is 4.57 Å². The molecule has 1 aromatic rings. The van der Waals surface area contributed by atoms with Crippen molar-refractivity contribution in [3.63, 3.8) is 0 Å². The lowest BCUT2D eigenvalue weighted by atomic mass is 10.5. The first-order valence-corrected chi connectivity index (χ1v) is 3.84. The first-order chi connectivity index (χ1) is 5.25.